The van der Waals surface area contributed by atoms with Crippen molar-refractivity contribution in [3.8, 4) is 0 Å². The molecule has 18 heavy (non-hydrogen) atoms. The van der Waals surface area contributed by atoms with Crippen LogP contribution in [0.4, 0.5) is 5.69 Å². The molecule has 1 amide bonds. The van der Waals surface area contributed by atoms with E-state index in [4.69, 9.17) is 16.3 Å². The second-order valence-electron chi connectivity index (χ2n) is 5.09. The lowest BCUT2D eigenvalue weighted by Gasteiger charge is -2.19. The molecule has 1 aromatic carbocycles. The number of alkyl halides is 1. The van der Waals surface area contributed by atoms with Crippen LogP contribution in [-0.4, -0.2) is 24.0 Å². The molecule has 100 valence electrons. The van der Waals surface area contributed by atoms with Crippen molar-refractivity contribution >= 4 is 23.2 Å². The van der Waals surface area contributed by atoms with Crippen LogP contribution in [0.15, 0.2) is 24.3 Å². The summed E-state index contributed by atoms with van der Waals surface area (Å²) in [6.07, 6.45) is 0.836. The van der Waals surface area contributed by atoms with Gasteiger partial charge in [0.05, 0.1) is 5.60 Å². The average Bonchev–Trinajstić information content (AvgIpc) is 2.29. The summed E-state index contributed by atoms with van der Waals surface area (Å²) in [7, 11) is 0. The zero-order valence-corrected chi connectivity index (χ0v) is 11.9. The monoisotopic (exact) mass is 269 g/mol. The topological polar surface area (TPSA) is 38.3 Å². The van der Waals surface area contributed by atoms with E-state index >= 15 is 0 Å². The van der Waals surface area contributed by atoms with Gasteiger partial charge in [-0.25, -0.2) is 0 Å². The number of rotatable bonds is 5. The first kappa shape index (κ1) is 15.0. The highest BCUT2D eigenvalue weighted by molar-refractivity contribution is 6.17. The van der Waals surface area contributed by atoms with Gasteiger partial charge in [0.15, 0.2) is 0 Å². The molecule has 0 fully saturated rings. The minimum Gasteiger partial charge on any atom is -0.366 e. The molecule has 0 saturated heterocycles. The Labute approximate surface area is 113 Å². The van der Waals surface area contributed by atoms with Crippen LogP contribution in [0.3, 0.4) is 0 Å². The van der Waals surface area contributed by atoms with Crippen LogP contribution in [0.5, 0.6) is 0 Å². The zero-order valence-electron chi connectivity index (χ0n) is 11.1. The Morgan fingerprint density at radius 3 is 2.39 bits per heavy atom. The number of benzene rings is 1. The summed E-state index contributed by atoms with van der Waals surface area (Å²) in [6.45, 7) is 5.82. The van der Waals surface area contributed by atoms with Crippen molar-refractivity contribution in [2.24, 2.45) is 0 Å². The Hall–Kier alpha value is -1.06. The van der Waals surface area contributed by atoms with Gasteiger partial charge in [-0.05, 0) is 44.9 Å². The Morgan fingerprint density at radius 2 is 1.89 bits per heavy atom. The predicted octanol–water partition coefficient (Wildman–Crippen LogP) is 3.22. The molecule has 0 bridgehead atoms. The molecule has 0 saturated carbocycles. The van der Waals surface area contributed by atoms with E-state index in [2.05, 4.69) is 5.32 Å². The van der Waals surface area contributed by atoms with E-state index in [1.54, 1.807) is 0 Å². The fraction of sp³-hybridized carbons (Fsp3) is 0.500. The molecule has 1 N–H and O–H groups in total. The summed E-state index contributed by atoms with van der Waals surface area (Å²) >= 11 is 5.66. The maximum absolute atomic E-state index is 11.6. The van der Waals surface area contributed by atoms with Crippen molar-refractivity contribution in [3.63, 3.8) is 0 Å². The van der Waals surface area contributed by atoms with Gasteiger partial charge in [-0.2, -0.15) is 0 Å². The molecule has 1 rings (SSSR count). The summed E-state index contributed by atoms with van der Waals surface area (Å²) < 4.78 is 5.40. The van der Waals surface area contributed by atoms with Gasteiger partial charge < -0.3 is 10.1 Å². The van der Waals surface area contributed by atoms with E-state index in [0.717, 1.165) is 17.7 Å². The SMILES string of the molecule is CC(C)(C)OCC(=O)Nc1ccc(CCCl)cc1. The van der Waals surface area contributed by atoms with Crippen LogP contribution in [0.1, 0.15) is 26.3 Å². The third-order valence-electron chi connectivity index (χ3n) is 2.26. The van der Waals surface area contributed by atoms with E-state index in [9.17, 15) is 4.79 Å². The number of nitrogens with one attached hydrogen (secondary N) is 1. The van der Waals surface area contributed by atoms with E-state index in [0.29, 0.717) is 5.88 Å². The Morgan fingerprint density at radius 1 is 1.28 bits per heavy atom. The molecule has 0 aliphatic heterocycles. The normalized spacial score (nSPS) is 11.3. The number of amides is 1. The molecule has 1 aromatic rings. The molecule has 0 atom stereocenters. The van der Waals surface area contributed by atoms with E-state index in [1.807, 2.05) is 45.0 Å². The standard InChI is InChI=1S/C14H20ClNO2/c1-14(2,3)18-10-13(17)16-12-6-4-11(5-7-12)8-9-15/h4-7H,8-10H2,1-3H3,(H,16,17). The highest BCUT2D eigenvalue weighted by Gasteiger charge is 2.12. The predicted molar refractivity (Wildman–Crippen MR) is 75.2 cm³/mol. The third kappa shape index (κ3) is 6.03. The number of ether oxygens (including phenoxy) is 1. The summed E-state index contributed by atoms with van der Waals surface area (Å²) in [6, 6.07) is 7.67. The minimum absolute atomic E-state index is 0.0624. The van der Waals surface area contributed by atoms with Crippen molar-refractivity contribution in [3.05, 3.63) is 29.8 Å². The summed E-state index contributed by atoms with van der Waals surface area (Å²) in [5.41, 5.74) is 1.63. The van der Waals surface area contributed by atoms with Crippen LogP contribution >= 0.6 is 11.6 Å². The van der Waals surface area contributed by atoms with Gasteiger partial charge in [0.25, 0.3) is 0 Å². The molecule has 0 unspecified atom stereocenters. The number of aryl methyl sites for hydroxylation is 1. The van der Waals surface area contributed by atoms with Crippen LogP contribution in [0.25, 0.3) is 0 Å². The number of halogens is 1. The molecular formula is C14H20ClNO2. The maximum Gasteiger partial charge on any atom is 0.250 e. The number of hydrogen-bond acceptors (Lipinski definition) is 2. The Bertz CT molecular complexity index is 382. The molecule has 0 aliphatic rings. The Balaban J connectivity index is 2.44. The van der Waals surface area contributed by atoms with Crippen LogP contribution in [0, 0.1) is 0 Å². The molecule has 0 radical (unpaired) electrons. The lowest BCUT2D eigenvalue weighted by molar-refractivity contribution is -0.125. The van der Waals surface area contributed by atoms with Crippen LogP contribution < -0.4 is 5.32 Å². The van der Waals surface area contributed by atoms with Gasteiger partial charge in [-0.3, -0.25) is 4.79 Å². The van der Waals surface area contributed by atoms with Gasteiger partial charge in [0.2, 0.25) is 5.91 Å². The molecule has 3 nitrogen and oxygen atoms in total. The minimum atomic E-state index is -0.304. The molecule has 0 aliphatic carbocycles. The zero-order chi connectivity index (χ0) is 13.6. The lowest BCUT2D eigenvalue weighted by atomic mass is 10.1. The summed E-state index contributed by atoms with van der Waals surface area (Å²) in [5, 5.41) is 2.79. The first-order valence-electron chi connectivity index (χ1n) is 5.99. The largest absolute Gasteiger partial charge is 0.366 e. The molecule has 4 heteroatoms. The van der Waals surface area contributed by atoms with Gasteiger partial charge in [-0.15, -0.1) is 11.6 Å². The second kappa shape index (κ2) is 6.76. The van der Waals surface area contributed by atoms with E-state index in [1.165, 1.54) is 0 Å². The molecule has 0 aromatic heterocycles. The number of carbonyl (C=O) groups is 1. The van der Waals surface area contributed by atoms with Crippen molar-refractivity contribution in [2.75, 3.05) is 17.8 Å². The molecule has 0 spiro atoms. The van der Waals surface area contributed by atoms with Crippen molar-refractivity contribution < 1.29 is 9.53 Å². The highest BCUT2D eigenvalue weighted by atomic mass is 35.5. The van der Waals surface area contributed by atoms with Crippen LogP contribution in [-0.2, 0) is 16.0 Å². The third-order valence-corrected chi connectivity index (χ3v) is 2.45. The van der Waals surface area contributed by atoms with Gasteiger partial charge in [0.1, 0.15) is 6.61 Å². The highest BCUT2D eigenvalue weighted by Crippen LogP contribution is 2.11. The van der Waals surface area contributed by atoms with E-state index < -0.39 is 0 Å². The van der Waals surface area contributed by atoms with Crippen molar-refractivity contribution in [1.82, 2.24) is 0 Å². The van der Waals surface area contributed by atoms with E-state index in [-0.39, 0.29) is 18.1 Å². The van der Waals surface area contributed by atoms with Gasteiger partial charge in [-0.1, -0.05) is 12.1 Å². The van der Waals surface area contributed by atoms with Gasteiger partial charge in [0, 0.05) is 11.6 Å². The summed E-state index contributed by atoms with van der Waals surface area (Å²) in [5.74, 6) is 0.459. The fourth-order valence-corrected chi connectivity index (χ4v) is 1.56. The smallest absolute Gasteiger partial charge is 0.250 e. The number of carbonyl (C=O) groups excluding carboxylic acids is 1. The molecular weight excluding hydrogens is 250 g/mol. The van der Waals surface area contributed by atoms with Crippen LogP contribution in [0.2, 0.25) is 0 Å². The number of hydrogen-bond donors (Lipinski definition) is 1. The average molecular weight is 270 g/mol. The Kier molecular flexibility index (Phi) is 5.63. The first-order chi connectivity index (χ1) is 8.40. The lowest BCUT2D eigenvalue weighted by Crippen LogP contribution is -2.27. The molecule has 0 heterocycles. The van der Waals surface area contributed by atoms with Crippen molar-refractivity contribution in [1.29, 1.82) is 0 Å². The maximum atomic E-state index is 11.6. The quantitative estimate of drug-likeness (QED) is 0.834. The summed E-state index contributed by atoms with van der Waals surface area (Å²) in [4.78, 5) is 11.6. The van der Waals surface area contributed by atoms with Gasteiger partial charge >= 0.3 is 0 Å². The first-order valence-corrected chi connectivity index (χ1v) is 6.53. The number of anilines is 1. The fourth-order valence-electron chi connectivity index (χ4n) is 1.34. The second-order valence-corrected chi connectivity index (χ2v) is 5.46. The van der Waals surface area contributed by atoms with Crippen molar-refractivity contribution in [2.45, 2.75) is 32.8 Å².